The maximum absolute atomic E-state index is 13.6. The Hall–Kier alpha value is -3.19. The lowest BCUT2D eigenvalue weighted by molar-refractivity contribution is -0.156. The van der Waals surface area contributed by atoms with Crippen LogP contribution < -0.4 is 4.74 Å². The summed E-state index contributed by atoms with van der Waals surface area (Å²) in [6, 6.07) is 11.5. The molecule has 2 aromatic rings. The molecular weight excluding hydrogens is 444 g/mol. The van der Waals surface area contributed by atoms with Crippen LogP contribution in [0.2, 0.25) is 5.02 Å². The number of Topliss-reactive ketones (excluding diaryl/α,β-unsaturated/α-hetero) is 1. The molecule has 3 atom stereocenters. The van der Waals surface area contributed by atoms with Gasteiger partial charge in [-0.3, -0.25) is 19.2 Å². The fraction of sp³-hybridized carbons (Fsp3) is 0.360. The number of carbonyl (C=O) groups excluding carboxylic acids is 4. The quantitative estimate of drug-likeness (QED) is 0.469. The smallest absolute Gasteiger partial charge is 0.273 e. The highest BCUT2D eigenvalue weighted by molar-refractivity contribution is 6.30. The highest BCUT2D eigenvalue weighted by atomic mass is 35.5. The molecule has 172 valence electrons. The highest BCUT2D eigenvalue weighted by Crippen LogP contribution is 2.39. The van der Waals surface area contributed by atoms with Crippen molar-refractivity contribution >= 4 is 35.1 Å². The summed E-state index contributed by atoms with van der Waals surface area (Å²) in [7, 11) is 1.52. The molecule has 1 aliphatic carbocycles. The normalized spacial score (nSPS) is 20.9. The van der Waals surface area contributed by atoms with Crippen molar-refractivity contribution in [3.63, 3.8) is 0 Å². The molecule has 8 heteroatoms. The van der Waals surface area contributed by atoms with Crippen LogP contribution in [0.4, 0.5) is 0 Å². The van der Waals surface area contributed by atoms with Crippen molar-refractivity contribution < 1.29 is 23.9 Å². The summed E-state index contributed by atoms with van der Waals surface area (Å²) in [5.41, 5.74) is 0.568. The molecule has 0 bridgehead atoms. The minimum atomic E-state index is -1.09. The van der Waals surface area contributed by atoms with E-state index in [0.29, 0.717) is 29.2 Å². The molecule has 0 spiro atoms. The van der Waals surface area contributed by atoms with Crippen molar-refractivity contribution in [2.45, 2.75) is 38.6 Å². The average molecular weight is 469 g/mol. The SMILES string of the molecule is COc1ccc(C(=O)[C@H](C)N(C(=O)c2ccc(Cl)cc2)N2C(=O)[C@H]3CCCC[C@@H]3C2=O)cc1. The molecule has 7 nitrogen and oxygen atoms in total. The third kappa shape index (κ3) is 4.25. The maximum atomic E-state index is 13.6. The van der Waals surface area contributed by atoms with Crippen LogP contribution in [0.15, 0.2) is 48.5 Å². The molecule has 1 aliphatic heterocycles. The van der Waals surface area contributed by atoms with Gasteiger partial charge in [-0.25, -0.2) is 5.01 Å². The Labute approximate surface area is 197 Å². The van der Waals surface area contributed by atoms with Gasteiger partial charge in [0, 0.05) is 16.1 Å². The van der Waals surface area contributed by atoms with Gasteiger partial charge in [-0.1, -0.05) is 24.4 Å². The molecule has 1 saturated carbocycles. The molecule has 2 fully saturated rings. The topological polar surface area (TPSA) is 84.0 Å². The number of hydrogen-bond acceptors (Lipinski definition) is 5. The lowest BCUT2D eigenvalue weighted by Crippen LogP contribution is -2.56. The number of rotatable bonds is 6. The van der Waals surface area contributed by atoms with Crippen LogP contribution in [0.1, 0.15) is 53.3 Å². The summed E-state index contributed by atoms with van der Waals surface area (Å²) in [5, 5.41) is 2.39. The summed E-state index contributed by atoms with van der Waals surface area (Å²) in [6.45, 7) is 1.53. The second kappa shape index (κ2) is 9.35. The van der Waals surface area contributed by atoms with Gasteiger partial charge in [-0.05, 0) is 68.3 Å². The standard InChI is InChI=1S/C25H25ClN2O5/c1-15(22(29)16-9-13-19(33-2)14-10-16)27(23(30)17-7-11-18(26)12-8-17)28-24(31)20-5-3-4-6-21(20)25(28)32/h7-15,20-21H,3-6H2,1-2H3/t15-,20-,21-/m0/s1. The number of halogens is 1. The summed E-state index contributed by atoms with van der Waals surface area (Å²) in [5.74, 6) is -2.15. The molecule has 4 rings (SSSR count). The van der Waals surface area contributed by atoms with Crippen LogP contribution in [0.3, 0.4) is 0 Å². The molecule has 0 aromatic heterocycles. The molecular formula is C25H25ClN2O5. The van der Waals surface area contributed by atoms with Gasteiger partial charge in [0.05, 0.1) is 18.9 Å². The number of benzene rings is 2. The van der Waals surface area contributed by atoms with E-state index in [1.54, 1.807) is 36.4 Å². The van der Waals surface area contributed by atoms with Crippen LogP contribution in [-0.2, 0) is 9.59 Å². The van der Waals surface area contributed by atoms with E-state index in [1.807, 2.05) is 0 Å². The molecule has 0 radical (unpaired) electrons. The van der Waals surface area contributed by atoms with Gasteiger partial charge in [0.15, 0.2) is 5.78 Å². The van der Waals surface area contributed by atoms with Crippen LogP contribution in [0, 0.1) is 11.8 Å². The Kier molecular flexibility index (Phi) is 6.51. The Morgan fingerprint density at radius 3 is 1.97 bits per heavy atom. The van der Waals surface area contributed by atoms with Gasteiger partial charge in [0.25, 0.3) is 17.7 Å². The number of hydrogen-bond donors (Lipinski definition) is 0. The fourth-order valence-corrected chi connectivity index (χ4v) is 4.76. The van der Waals surface area contributed by atoms with E-state index in [9.17, 15) is 19.2 Å². The van der Waals surface area contributed by atoms with E-state index in [-0.39, 0.29) is 5.56 Å². The fourth-order valence-electron chi connectivity index (χ4n) is 4.63. The Morgan fingerprint density at radius 1 is 0.939 bits per heavy atom. The molecule has 1 heterocycles. The van der Waals surface area contributed by atoms with E-state index < -0.39 is 41.4 Å². The van der Waals surface area contributed by atoms with Crippen molar-refractivity contribution in [2.24, 2.45) is 11.8 Å². The molecule has 2 aromatic carbocycles. The number of amides is 3. The largest absolute Gasteiger partial charge is 0.497 e. The van der Waals surface area contributed by atoms with Gasteiger partial charge in [0.2, 0.25) is 0 Å². The monoisotopic (exact) mass is 468 g/mol. The van der Waals surface area contributed by atoms with Crippen LogP contribution >= 0.6 is 11.6 Å². The summed E-state index contributed by atoms with van der Waals surface area (Å²) in [4.78, 5) is 53.5. The third-order valence-corrected chi connectivity index (χ3v) is 6.71. The number of carbonyl (C=O) groups is 4. The Morgan fingerprint density at radius 2 is 1.45 bits per heavy atom. The van der Waals surface area contributed by atoms with E-state index in [1.165, 1.54) is 26.2 Å². The first-order valence-corrected chi connectivity index (χ1v) is 11.4. The van der Waals surface area contributed by atoms with Crippen molar-refractivity contribution in [2.75, 3.05) is 7.11 Å². The molecule has 0 N–H and O–H groups in total. The second-order valence-electron chi connectivity index (χ2n) is 8.41. The number of methoxy groups -OCH3 is 1. The Balaban J connectivity index is 1.72. The van der Waals surface area contributed by atoms with E-state index in [0.717, 1.165) is 22.9 Å². The Bertz CT molecular complexity index is 1060. The van der Waals surface area contributed by atoms with Crippen molar-refractivity contribution in [1.82, 2.24) is 10.0 Å². The van der Waals surface area contributed by atoms with Crippen LogP contribution in [-0.4, -0.2) is 46.7 Å². The third-order valence-electron chi connectivity index (χ3n) is 6.45. The lowest BCUT2D eigenvalue weighted by Gasteiger charge is -2.34. The van der Waals surface area contributed by atoms with Crippen LogP contribution in [0.5, 0.6) is 5.75 Å². The number of nitrogens with zero attached hydrogens (tertiary/aromatic N) is 2. The van der Waals surface area contributed by atoms with E-state index >= 15 is 0 Å². The summed E-state index contributed by atoms with van der Waals surface area (Å²) >= 11 is 5.96. The van der Waals surface area contributed by atoms with Gasteiger partial charge >= 0.3 is 0 Å². The zero-order chi connectivity index (χ0) is 23.7. The van der Waals surface area contributed by atoms with Crippen LogP contribution in [0.25, 0.3) is 0 Å². The van der Waals surface area contributed by atoms with E-state index in [4.69, 9.17) is 16.3 Å². The average Bonchev–Trinajstić information content (AvgIpc) is 3.09. The summed E-state index contributed by atoms with van der Waals surface area (Å²) < 4.78 is 5.14. The number of ether oxygens (including phenoxy) is 1. The zero-order valence-electron chi connectivity index (χ0n) is 18.5. The highest BCUT2D eigenvalue weighted by Gasteiger charge is 2.53. The maximum Gasteiger partial charge on any atom is 0.273 e. The van der Waals surface area contributed by atoms with Crippen molar-refractivity contribution in [3.05, 3.63) is 64.7 Å². The number of ketones is 1. The van der Waals surface area contributed by atoms with Gasteiger partial charge in [0.1, 0.15) is 11.8 Å². The minimum Gasteiger partial charge on any atom is -0.497 e. The van der Waals surface area contributed by atoms with E-state index in [2.05, 4.69) is 0 Å². The van der Waals surface area contributed by atoms with Crippen molar-refractivity contribution in [1.29, 1.82) is 0 Å². The van der Waals surface area contributed by atoms with Gasteiger partial charge in [-0.2, -0.15) is 5.01 Å². The predicted octanol–water partition coefficient (Wildman–Crippen LogP) is 4.15. The first kappa shape index (κ1) is 23.0. The minimum absolute atomic E-state index is 0.226. The number of imide groups is 1. The van der Waals surface area contributed by atoms with Crippen molar-refractivity contribution in [3.8, 4) is 5.75 Å². The number of fused-ring (bicyclic) bond motifs is 1. The van der Waals surface area contributed by atoms with Gasteiger partial charge < -0.3 is 4.74 Å². The molecule has 3 amide bonds. The first-order valence-electron chi connectivity index (χ1n) is 11.0. The predicted molar refractivity (Wildman–Crippen MR) is 122 cm³/mol. The zero-order valence-corrected chi connectivity index (χ0v) is 19.2. The molecule has 1 saturated heterocycles. The lowest BCUT2D eigenvalue weighted by atomic mass is 9.81. The molecule has 33 heavy (non-hydrogen) atoms. The molecule has 2 aliphatic rings. The number of hydrazine groups is 1. The molecule has 0 unspecified atom stereocenters. The summed E-state index contributed by atoms with van der Waals surface area (Å²) in [6.07, 6.45) is 2.93. The van der Waals surface area contributed by atoms with Gasteiger partial charge in [-0.15, -0.1) is 0 Å². The first-order chi connectivity index (χ1) is 15.8. The second-order valence-corrected chi connectivity index (χ2v) is 8.85.